The maximum absolute atomic E-state index is 12.4. The Labute approximate surface area is 163 Å². The van der Waals surface area contributed by atoms with Crippen LogP contribution in [0.3, 0.4) is 0 Å². The predicted octanol–water partition coefficient (Wildman–Crippen LogP) is 4.54. The highest BCUT2D eigenvalue weighted by molar-refractivity contribution is 5.80. The zero-order chi connectivity index (χ0) is 20.0. The molecule has 27 heavy (non-hydrogen) atoms. The van der Waals surface area contributed by atoms with E-state index in [1.807, 2.05) is 19.9 Å². The number of carbonyl (C=O) groups excluding carboxylic acids is 1. The third-order valence-electron chi connectivity index (χ3n) is 4.97. The molecule has 4 nitrogen and oxygen atoms in total. The molecule has 146 valence electrons. The van der Waals surface area contributed by atoms with Gasteiger partial charge in [-0.2, -0.15) is 0 Å². The van der Waals surface area contributed by atoms with Crippen LogP contribution in [0.25, 0.3) is 0 Å². The second kappa shape index (κ2) is 9.45. The van der Waals surface area contributed by atoms with E-state index in [0.29, 0.717) is 6.54 Å². The highest BCUT2D eigenvalue weighted by Gasteiger charge is 2.16. The van der Waals surface area contributed by atoms with Crippen molar-refractivity contribution >= 4 is 11.6 Å². The van der Waals surface area contributed by atoms with Crippen molar-refractivity contribution in [1.29, 1.82) is 0 Å². The molecule has 0 heterocycles. The maximum Gasteiger partial charge on any atom is 0.261 e. The number of anilines is 1. The smallest absolute Gasteiger partial charge is 0.261 e. The number of carbonyl (C=O) groups is 1. The van der Waals surface area contributed by atoms with Gasteiger partial charge in [0, 0.05) is 25.3 Å². The number of rotatable bonds is 8. The van der Waals surface area contributed by atoms with Gasteiger partial charge in [0.15, 0.2) is 6.10 Å². The lowest BCUT2D eigenvalue weighted by Gasteiger charge is -2.21. The third-order valence-corrected chi connectivity index (χ3v) is 4.97. The highest BCUT2D eigenvalue weighted by atomic mass is 16.5. The fraction of sp³-hybridized carbons (Fsp3) is 0.435. The summed E-state index contributed by atoms with van der Waals surface area (Å²) in [5, 5.41) is 2.97. The van der Waals surface area contributed by atoms with Crippen LogP contribution < -0.4 is 15.0 Å². The summed E-state index contributed by atoms with van der Waals surface area (Å²) in [5.74, 6) is 0.667. The van der Waals surface area contributed by atoms with Crippen LogP contribution in [0, 0.1) is 20.8 Å². The lowest BCUT2D eigenvalue weighted by atomic mass is 10.1. The first-order chi connectivity index (χ1) is 12.8. The average molecular weight is 369 g/mol. The standard InChI is InChI=1S/C23H32N2O2/c1-7-25(8-2)21-11-9-20(10-12-21)15-24-23(26)19(6)27-22-14-16(3)13-17(4)18(22)5/h9-14,19H,7-8,15H2,1-6H3,(H,24,26)/t19-/m1/s1. The number of benzene rings is 2. The lowest BCUT2D eigenvalue weighted by molar-refractivity contribution is -0.127. The molecule has 0 unspecified atom stereocenters. The average Bonchev–Trinajstić information content (AvgIpc) is 2.65. The molecular formula is C23H32N2O2. The van der Waals surface area contributed by atoms with Gasteiger partial charge in [-0.1, -0.05) is 18.2 Å². The minimum atomic E-state index is -0.542. The van der Waals surface area contributed by atoms with E-state index in [4.69, 9.17) is 4.74 Å². The van der Waals surface area contributed by atoms with E-state index in [0.717, 1.165) is 35.5 Å². The number of ether oxygens (including phenoxy) is 1. The first-order valence-electron chi connectivity index (χ1n) is 9.71. The molecule has 2 aromatic rings. The van der Waals surface area contributed by atoms with Crippen LogP contribution in [-0.4, -0.2) is 25.1 Å². The fourth-order valence-electron chi connectivity index (χ4n) is 3.11. The van der Waals surface area contributed by atoms with Crippen LogP contribution in [0.1, 0.15) is 43.0 Å². The summed E-state index contributed by atoms with van der Waals surface area (Å²) in [6.07, 6.45) is -0.542. The van der Waals surface area contributed by atoms with Gasteiger partial charge in [-0.15, -0.1) is 0 Å². The molecule has 0 bridgehead atoms. The predicted molar refractivity (Wildman–Crippen MR) is 113 cm³/mol. The Morgan fingerprint density at radius 2 is 1.70 bits per heavy atom. The van der Waals surface area contributed by atoms with Crippen LogP contribution in [0.4, 0.5) is 5.69 Å². The molecule has 0 radical (unpaired) electrons. The van der Waals surface area contributed by atoms with Crippen molar-refractivity contribution in [3.8, 4) is 5.75 Å². The van der Waals surface area contributed by atoms with Crippen molar-refractivity contribution in [3.05, 3.63) is 58.7 Å². The molecule has 0 spiro atoms. The summed E-state index contributed by atoms with van der Waals surface area (Å²) in [6.45, 7) is 14.7. The van der Waals surface area contributed by atoms with Crippen LogP contribution in [0.2, 0.25) is 0 Å². The molecule has 4 heteroatoms. The monoisotopic (exact) mass is 368 g/mol. The van der Waals surface area contributed by atoms with Crippen molar-refractivity contribution in [3.63, 3.8) is 0 Å². The van der Waals surface area contributed by atoms with Gasteiger partial charge in [0.05, 0.1) is 0 Å². The minimum absolute atomic E-state index is 0.110. The molecule has 1 N–H and O–H groups in total. The summed E-state index contributed by atoms with van der Waals surface area (Å²) < 4.78 is 5.92. The van der Waals surface area contributed by atoms with E-state index in [-0.39, 0.29) is 5.91 Å². The van der Waals surface area contributed by atoms with Crippen LogP contribution in [0.15, 0.2) is 36.4 Å². The molecule has 2 aromatic carbocycles. The van der Waals surface area contributed by atoms with E-state index in [2.05, 4.69) is 61.3 Å². The number of nitrogens with zero attached hydrogens (tertiary/aromatic N) is 1. The normalized spacial score (nSPS) is 11.8. The van der Waals surface area contributed by atoms with Gasteiger partial charge >= 0.3 is 0 Å². The number of aryl methyl sites for hydroxylation is 2. The van der Waals surface area contributed by atoms with Gasteiger partial charge in [-0.25, -0.2) is 0 Å². The van der Waals surface area contributed by atoms with Crippen molar-refractivity contribution in [1.82, 2.24) is 5.32 Å². The zero-order valence-electron chi connectivity index (χ0n) is 17.4. The van der Waals surface area contributed by atoms with Gasteiger partial charge < -0.3 is 15.0 Å². The fourth-order valence-corrected chi connectivity index (χ4v) is 3.11. The summed E-state index contributed by atoms with van der Waals surface area (Å²) >= 11 is 0. The topological polar surface area (TPSA) is 41.6 Å². The first-order valence-corrected chi connectivity index (χ1v) is 9.71. The van der Waals surface area contributed by atoms with Gasteiger partial charge in [-0.3, -0.25) is 4.79 Å². The minimum Gasteiger partial charge on any atom is -0.481 e. The first kappa shape index (κ1) is 20.8. The van der Waals surface area contributed by atoms with Gasteiger partial charge in [0.1, 0.15) is 5.75 Å². The third kappa shape index (κ3) is 5.49. The molecule has 1 atom stereocenters. The second-order valence-electron chi connectivity index (χ2n) is 7.02. The van der Waals surface area contributed by atoms with Gasteiger partial charge in [0.2, 0.25) is 0 Å². The van der Waals surface area contributed by atoms with Gasteiger partial charge in [-0.05, 0) is 82.0 Å². The summed E-state index contributed by atoms with van der Waals surface area (Å²) in [6, 6.07) is 12.4. The molecule has 2 rings (SSSR count). The number of amides is 1. The molecule has 0 saturated carbocycles. The van der Waals surface area contributed by atoms with E-state index in [1.165, 1.54) is 11.3 Å². The Hall–Kier alpha value is -2.49. The number of nitrogens with one attached hydrogen (secondary N) is 1. The van der Waals surface area contributed by atoms with E-state index in [9.17, 15) is 4.79 Å². The largest absolute Gasteiger partial charge is 0.481 e. The molecule has 0 aliphatic rings. The Bertz CT molecular complexity index is 765. The van der Waals surface area contributed by atoms with E-state index >= 15 is 0 Å². The summed E-state index contributed by atoms with van der Waals surface area (Å²) in [4.78, 5) is 14.7. The molecule has 0 fully saturated rings. The lowest BCUT2D eigenvalue weighted by Crippen LogP contribution is -2.36. The highest BCUT2D eigenvalue weighted by Crippen LogP contribution is 2.24. The summed E-state index contributed by atoms with van der Waals surface area (Å²) in [5.41, 5.74) is 5.67. The number of hydrogen-bond donors (Lipinski definition) is 1. The molecular weight excluding hydrogens is 336 g/mol. The molecule has 0 aliphatic carbocycles. The Kier molecular flexibility index (Phi) is 7.28. The van der Waals surface area contributed by atoms with E-state index < -0.39 is 6.10 Å². The van der Waals surface area contributed by atoms with Crippen molar-refractivity contribution in [2.24, 2.45) is 0 Å². The van der Waals surface area contributed by atoms with Crippen LogP contribution >= 0.6 is 0 Å². The SMILES string of the molecule is CCN(CC)c1ccc(CNC(=O)[C@@H](C)Oc2cc(C)cc(C)c2C)cc1. The quantitative estimate of drug-likeness (QED) is 0.744. The number of hydrogen-bond acceptors (Lipinski definition) is 3. The second-order valence-corrected chi connectivity index (χ2v) is 7.02. The van der Waals surface area contributed by atoms with Crippen molar-refractivity contribution in [2.45, 2.75) is 54.2 Å². The van der Waals surface area contributed by atoms with Crippen LogP contribution in [0.5, 0.6) is 5.75 Å². The van der Waals surface area contributed by atoms with Crippen LogP contribution in [-0.2, 0) is 11.3 Å². The van der Waals surface area contributed by atoms with Crippen molar-refractivity contribution in [2.75, 3.05) is 18.0 Å². The molecule has 0 aliphatic heterocycles. The maximum atomic E-state index is 12.4. The van der Waals surface area contributed by atoms with Gasteiger partial charge in [0.25, 0.3) is 5.91 Å². The van der Waals surface area contributed by atoms with E-state index in [1.54, 1.807) is 6.92 Å². The van der Waals surface area contributed by atoms with Crippen molar-refractivity contribution < 1.29 is 9.53 Å². The Morgan fingerprint density at radius 3 is 2.30 bits per heavy atom. The summed E-state index contributed by atoms with van der Waals surface area (Å²) in [7, 11) is 0. The molecule has 1 amide bonds. The Morgan fingerprint density at radius 1 is 1.07 bits per heavy atom. The molecule has 0 aromatic heterocycles. The Balaban J connectivity index is 1.93. The molecule has 0 saturated heterocycles. The zero-order valence-corrected chi connectivity index (χ0v) is 17.4.